The summed E-state index contributed by atoms with van der Waals surface area (Å²) in [5.74, 6) is -0.337. The van der Waals surface area contributed by atoms with E-state index in [1.54, 1.807) is 6.20 Å². The molecule has 0 aromatic rings. The van der Waals surface area contributed by atoms with Gasteiger partial charge in [-0.05, 0) is 6.42 Å². The zero-order valence-corrected chi connectivity index (χ0v) is 6.72. The third-order valence-corrected chi connectivity index (χ3v) is 1.11. The molecule has 1 amide bonds. The molecule has 0 unspecified atom stereocenters. The molecule has 0 aliphatic carbocycles. The van der Waals surface area contributed by atoms with Crippen LogP contribution in [0.15, 0.2) is 11.8 Å². The fourth-order valence-electron chi connectivity index (χ4n) is 0.641. The van der Waals surface area contributed by atoms with E-state index in [0.717, 1.165) is 0 Å². The first-order chi connectivity index (χ1) is 4.57. The van der Waals surface area contributed by atoms with E-state index < -0.39 is 0 Å². The minimum atomic E-state index is -0.337. The van der Waals surface area contributed by atoms with Gasteiger partial charge >= 0.3 is 0 Å². The SMILES string of the molecule is CCC(=CN(C)C)C(N)=O. The number of hydrogen-bond acceptors (Lipinski definition) is 2. The molecule has 0 aliphatic heterocycles. The average Bonchev–Trinajstić information content (AvgIpc) is 1.81. The summed E-state index contributed by atoms with van der Waals surface area (Å²) in [6.07, 6.45) is 2.43. The summed E-state index contributed by atoms with van der Waals surface area (Å²) in [5, 5.41) is 0. The molecule has 0 atom stereocenters. The van der Waals surface area contributed by atoms with Gasteiger partial charge in [-0.15, -0.1) is 0 Å². The van der Waals surface area contributed by atoms with Gasteiger partial charge in [0.15, 0.2) is 0 Å². The van der Waals surface area contributed by atoms with Gasteiger partial charge in [-0.25, -0.2) is 0 Å². The van der Waals surface area contributed by atoms with Crippen LogP contribution >= 0.6 is 0 Å². The summed E-state index contributed by atoms with van der Waals surface area (Å²) in [4.78, 5) is 12.4. The highest BCUT2D eigenvalue weighted by Crippen LogP contribution is 1.98. The number of nitrogens with zero attached hydrogens (tertiary/aromatic N) is 1. The van der Waals surface area contributed by atoms with Gasteiger partial charge in [0.05, 0.1) is 0 Å². The third kappa shape index (κ3) is 3.12. The van der Waals surface area contributed by atoms with Gasteiger partial charge < -0.3 is 10.6 Å². The van der Waals surface area contributed by atoms with E-state index in [2.05, 4.69) is 0 Å². The lowest BCUT2D eigenvalue weighted by Gasteiger charge is -2.06. The topological polar surface area (TPSA) is 46.3 Å². The van der Waals surface area contributed by atoms with Crippen LogP contribution in [-0.2, 0) is 4.79 Å². The van der Waals surface area contributed by atoms with Gasteiger partial charge in [0.2, 0.25) is 5.91 Å². The predicted molar refractivity (Wildman–Crippen MR) is 41.3 cm³/mol. The van der Waals surface area contributed by atoms with E-state index in [0.29, 0.717) is 12.0 Å². The third-order valence-electron chi connectivity index (χ3n) is 1.11. The Morgan fingerprint density at radius 1 is 1.60 bits per heavy atom. The van der Waals surface area contributed by atoms with Crippen LogP contribution < -0.4 is 5.73 Å². The minimum Gasteiger partial charge on any atom is -0.383 e. The summed E-state index contributed by atoms with van der Waals surface area (Å²) < 4.78 is 0. The van der Waals surface area contributed by atoms with Crippen molar-refractivity contribution in [2.45, 2.75) is 13.3 Å². The Labute approximate surface area is 61.5 Å². The molecule has 0 aromatic carbocycles. The first kappa shape index (κ1) is 9.01. The quantitative estimate of drug-likeness (QED) is 0.577. The van der Waals surface area contributed by atoms with Crippen LogP contribution in [0.3, 0.4) is 0 Å². The van der Waals surface area contributed by atoms with E-state index in [9.17, 15) is 4.79 Å². The Hall–Kier alpha value is -0.990. The van der Waals surface area contributed by atoms with Crippen molar-refractivity contribution >= 4 is 5.91 Å². The van der Waals surface area contributed by atoms with Crippen molar-refractivity contribution in [3.63, 3.8) is 0 Å². The highest BCUT2D eigenvalue weighted by Gasteiger charge is 2.00. The number of carbonyl (C=O) groups excluding carboxylic acids is 1. The fraction of sp³-hybridized carbons (Fsp3) is 0.571. The molecule has 0 spiro atoms. The smallest absolute Gasteiger partial charge is 0.246 e. The molecule has 0 saturated carbocycles. The second-order valence-electron chi connectivity index (χ2n) is 2.34. The van der Waals surface area contributed by atoms with Gasteiger partial charge in [-0.1, -0.05) is 6.92 Å². The average molecular weight is 142 g/mol. The summed E-state index contributed by atoms with van der Waals surface area (Å²) in [7, 11) is 3.72. The molecule has 0 fully saturated rings. The molecule has 3 heteroatoms. The summed E-state index contributed by atoms with van der Waals surface area (Å²) in [6, 6.07) is 0. The normalized spacial score (nSPS) is 11.3. The lowest BCUT2D eigenvalue weighted by atomic mass is 10.2. The summed E-state index contributed by atoms with van der Waals surface area (Å²) >= 11 is 0. The molecule has 58 valence electrons. The first-order valence-corrected chi connectivity index (χ1v) is 3.24. The predicted octanol–water partition coefficient (Wildman–Crippen LogP) is 0.327. The maximum absolute atomic E-state index is 10.6. The van der Waals surface area contributed by atoms with Crippen LogP contribution in [0.5, 0.6) is 0 Å². The molecular weight excluding hydrogens is 128 g/mol. The van der Waals surface area contributed by atoms with Crippen molar-refractivity contribution < 1.29 is 4.79 Å². The van der Waals surface area contributed by atoms with Crippen molar-refractivity contribution in [1.82, 2.24) is 4.90 Å². The standard InChI is InChI=1S/C7H14N2O/c1-4-6(7(8)10)5-9(2)3/h5H,4H2,1-3H3,(H2,8,10). The molecule has 2 N–H and O–H groups in total. The number of rotatable bonds is 3. The number of primary amides is 1. The first-order valence-electron chi connectivity index (χ1n) is 3.24. The lowest BCUT2D eigenvalue weighted by molar-refractivity contribution is -0.114. The number of nitrogens with two attached hydrogens (primary N) is 1. The molecule has 0 heterocycles. The molecule has 0 rings (SSSR count). The van der Waals surface area contributed by atoms with Crippen molar-refractivity contribution in [3.05, 3.63) is 11.8 Å². The molecule has 0 saturated heterocycles. The molecule has 0 bridgehead atoms. The Bertz CT molecular complexity index is 150. The van der Waals surface area contributed by atoms with Crippen LogP contribution in [0.2, 0.25) is 0 Å². The zero-order chi connectivity index (χ0) is 8.15. The van der Waals surface area contributed by atoms with Crippen LogP contribution in [-0.4, -0.2) is 24.9 Å². The van der Waals surface area contributed by atoms with E-state index in [-0.39, 0.29) is 5.91 Å². The molecule has 10 heavy (non-hydrogen) atoms. The van der Waals surface area contributed by atoms with Crippen molar-refractivity contribution in [2.24, 2.45) is 5.73 Å². The maximum Gasteiger partial charge on any atom is 0.246 e. The second kappa shape index (κ2) is 3.93. The van der Waals surface area contributed by atoms with Gasteiger partial charge in [0.25, 0.3) is 0 Å². The molecule has 3 nitrogen and oxygen atoms in total. The van der Waals surface area contributed by atoms with Crippen molar-refractivity contribution in [1.29, 1.82) is 0 Å². The highest BCUT2D eigenvalue weighted by atomic mass is 16.1. The van der Waals surface area contributed by atoms with Crippen molar-refractivity contribution in [2.75, 3.05) is 14.1 Å². The fourth-order valence-corrected chi connectivity index (χ4v) is 0.641. The Morgan fingerprint density at radius 2 is 2.10 bits per heavy atom. The maximum atomic E-state index is 10.6. The summed E-state index contributed by atoms with van der Waals surface area (Å²) in [5.41, 5.74) is 5.72. The number of carbonyl (C=O) groups is 1. The van der Waals surface area contributed by atoms with E-state index in [4.69, 9.17) is 5.73 Å². The lowest BCUT2D eigenvalue weighted by Crippen LogP contribution is -2.16. The van der Waals surface area contributed by atoms with Crippen LogP contribution in [0.25, 0.3) is 0 Å². The van der Waals surface area contributed by atoms with E-state index >= 15 is 0 Å². The van der Waals surface area contributed by atoms with E-state index in [1.807, 2.05) is 25.9 Å². The molecule has 0 aliphatic rings. The second-order valence-corrected chi connectivity index (χ2v) is 2.34. The monoisotopic (exact) mass is 142 g/mol. The van der Waals surface area contributed by atoms with Crippen LogP contribution in [0.4, 0.5) is 0 Å². The Kier molecular flexibility index (Phi) is 3.54. The Morgan fingerprint density at radius 3 is 2.20 bits per heavy atom. The molecule has 0 aromatic heterocycles. The van der Waals surface area contributed by atoms with Gasteiger partial charge in [-0.2, -0.15) is 0 Å². The largest absolute Gasteiger partial charge is 0.383 e. The minimum absolute atomic E-state index is 0.337. The zero-order valence-electron chi connectivity index (χ0n) is 6.72. The van der Waals surface area contributed by atoms with Crippen LogP contribution in [0, 0.1) is 0 Å². The van der Waals surface area contributed by atoms with Crippen LogP contribution in [0.1, 0.15) is 13.3 Å². The highest BCUT2D eigenvalue weighted by molar-refractivity contribution is 5.91. The van der Waals surface area contributed by atoms with Gasteiger partial charge in [0, 0.05) is 25.9 Å². The van der Waals surface area contributed by atoms with E-state index in [1.165, 1.54) is 0 Å². The molecule has 0 radical (unpaired) electrons. The number of amides is 1. The van der Waals surface area contributed by atoms with Crippen molar-refractivity contribution in [3.8, 4) is 0 Å². The Balaban J connectivity index is 4.19. The number of hydrogen-bond donors (Lipinski definition) is 1. The van der Waals surface area contributed by atoms with Gasteiger partial charge in [-0.3, -0.25) is 4.79 Å². The molecular formula is C7H14N2O. The summed E-state index contributed by atoms with van der Waals surface area (Å²) in [6.45, 7) is 1.90. The van der Waals surface area contributed by atoms with Gasteiger partial charge in [0.1, 0.15) is 0 Å².